The van der Waals surface area contributed by atoms with E-state index in [2.05, 4.69) is 10.6 Å². The van der Waals surface area contributed by atoms with E-state index in [1.807, 2.05) is 0 Å². The fourth-order valence-electron chi connectivity index (χ4n) is 2.37. The summed E-state index contributed by atoms with van der Waals surface area (Å²) < 4.78 is 77.2. The Morgan fingerprint density at radius 2 is 1.22 bits per heavy atom. The molecule has 0 unspecified atom stereocenters. The lowest BCUT2D eigenvalue weighted by atomic mass is 10.0. The van der Waals surface area contributed by atoms with E-state index in [-0.39, 0.29) is 23.0 Å². The quantitative estimate of drug-likeness (QED) is 0.605. The van der Waals surface area contributed by atoms with Gasteiger partial charge in [0, 0.05) is 12.1 Å². The van der Waals surface area contributed by atoms with Gasteiger partial charge >= 0.3 is 12.4 Å². The van der Waals surface area contributed by atoms with Gasteiger partial charge in [-0.2, -0.15) is 26.3 Å². The van der Waals surface area contributed by atoms with Gasteiger partial charge in [0.2, 0.25) is 0 Å². The molecule has 2 N–H and O–H groups in total. The Kier molecular flexibility index (Phi) is 5.06. The number of hydrogen-bond acceptors (Lipinski definition) is 4. The lowest BCUT2D eigenvalue weighted by Gasteiger charge is -2.25. The van der Waals surface area contributed by atoms with Crippen LogP contribution in [0.2, 0.25) is 0 Å². The first kappa shape index (κ1) is 20.8. The first-order valence-corrected chi connectivity index (χ1v) is 7.73. The van der Waals surface area contributed by atoms with Gasteiger partial charge in [-0.3, -0.25) is 9.59 Å². The summed E-state index contributed by atoms with van der Waals surface area (Å²) in [6.07, 6.45) is -9.92. The Bertz CT molecular complexity index is 883. The minimum Gasteiger partial charge on any atom is -0.376 e. The number of benzene rings is 1. The minimum absolute atomic E-state index is 0.0212. The highest BCUT2D eigenvalue weighted by molar-refractivity contribution is 5.74. The average molecular weight is 394 g/mol. The molecule has 0 radical (unpaired) electrons. The van der Waals surface area contributed by atoms with Gasteiger partial charge in [0.25, 0.3) is 10.9 Å². The Hall–Kier alpha value is -2.52. The normalized spacial score (nSPS) is 13.1. The summed E-state index contributed by atoms with van der Waals surface area (Å²) in [5, 5.41) is 5.24. The number of halogens is 6. The number of anilines is 2. The summed E-state index contributed by atoms with van der Waals surface area (Å²) in [5.74, 6) is 0. The van der Waals surface area contributed by atoms with Gasteiger partial charge in [0.05, 0.1) is 11.1 Å². The van der Waals surface area contributed by atoms with Crippen LogP contribution in [0.1, 0.15) is 37.5 Å². The maximum absolute atomic E-state index is 12.9. The van der Waals surface area contributed by atoms with E-state index in [9.17, 15) is 35.9 Å². The Labute approximate surface area is 149 Å². The summed E-state index contributed by atoms with van der Waals surface area (Å²) in [6, 6.07) is 1.14. The van der Waals surface area contributed by atoms with Crippen molar-refractivity contribution >= 4 is 11.4 Å². The van der Waals surface area contributed by atoms with Crippen molar-refractivity contribution in [2.24, 2.45) is 0 Å². The molecule has 0 fully saturated rings. The maximum Gasteiger partial charge on any atom is 0.416 e. The molecule has 0 bridgehead atoms. The van der Waals surface area contributed by atoms with Gasteiger partial charge in [0.1, 0.15) is 11.4 Å². The van der Waals surface area contributed by atoms with Crippen LogP contribution >= 0.6 is 0 Å². The lowest BCUT2D eigenvalue weighted by molar-refractivity contribution is -0.143. The van der Waals surface area contributed by atoms with Gasteiger partial charge < -0.3 is 10.6 Å². The molecule has 0 aromatic heterocycles. The number of rotatable bonds is 4. The van der Waals surface area contributed by atoms with Crippen molar-refractivity contribution < 1.29 is 26.3 Å². The number of hydrogen-bond donors (Lipinski definition) is 2. The van der Waals surface area contributed by atoms with Crippen molar-refractivity contribution in [1.29, 1.82) is 0 Å². The van der Waals surface area contributed by atoms with Crippen molar-refractivity contribution in [3.63, 3.8) is 0 Å². The summed E-state index contributed by atoms with van der Waals surface area (Å²) in [7, 11) is 0. The number of nitrogens with one attached hydrogen (secondary N) is 2. The zero-order valence-corrected chi connectivity index (χ0v) is 14.5. The fraction of sp³-hybridized carbons (Fsp3) is 0.412. The maximum atomic E-state index is 12.9. The molecule has 148 valence electrons. The molecule has 0 aliphatic carbocycles. The van der Waals surface area contributed by atoms with E-state index in [0.717, 1.165) is 0 Å². The van der Waals surface area contributed by atoms with Crippen LogP contribution < -0.4 is 21.5 Å². The second-order valence-corrected chi connectivity index (χ2v) is 7.05. The molecule has 10 heteroatoms. The molecule has 0 saturated heterocycles. The molecule has 0 spiro atoms. The molecule has 2 aromatic rings. The molecular weight excluding hydrogens is 378 g/mol. The summed E-state index contributed by atoms with van der Waals surface area (Å²) >= 11 is 0. The first-order valence-electron chi connectivity index (χ1n) is 7.73. The smallest absolute Gasteiger partial charge is 0.376 e. The Morgan fingerprint density at radius 3 is 1.63 bits per heavy atom. The second-order valence-electron chi connectivity index (χ2n) is 7.05. The third-order valence-corrected chi connectivity index (χ3v) is 3.53. The standard InChI is InChI=1S/C17H16F6N2O2/c1-15(2,3)25-12-11(13(26)14(12)27)24-7-8-4-9(16(18,19)20)6-10(5-8)17(21,22)23/h4-6,24-25H,7H2,1-3H3. The first-order chi connectivity index (χ1) is 12.1. The highest BCUT2D eigenvalue weighted by Gasteiger charge is 2.37. The topological polar surface area (TPSA) is 58.2 Å². The van der Waals surface area contributed by atoms with E-state index in [1.54, 1.807) is 20.8 Å². The summed E-state index contributed by atoms with van der Waals surface area (Å²) in [5.41, 5.74) is -5.70. The molecule has 0 saturated carbocycles. The molecule has 2 rings (SSSR count). The van der Waals surface area contributed by atoms with Gasteiger partial charge in [-0.05, 0) is 44.5 Å². The predicted molar refractivity (Wildman–Crippen MR) is 88.5 cm³/mol. The summed E-state index contributed by atoms with van der Waals surface area (Å²) in [4.78, 5) is 23.3. The largest absolute Gasteiger partial charge is 0.416 e. The molecular formula is C17H16F6N2O2. The Balaban J connectivity index is 2.33. The molecule has 0 amide bonds. The predicted octanol–water partition coefficient (Wildman–Crippen LogP) is 4.14. The van der Waals surface area contributed by atoms with E-state index in [4.69, 9.17) is 0 Å². The van der Waals surface area contributed by atoms with Crippen LogP contribution in [-0.4, -0.2) is 5.54 Å². The van der Waals surface area contributed by atoms with E-state index in [0.29, 0.717) is 12.1 Å². The van der Waals surface area contributed by atoms with Crippen LogP contribution in [-0.2, 0) is 18.9 Å². The molecule has 4 nitrogen and oxygen atoms in total. The zero-order chi connectivity index (χ0) is 20.8. The van der Waals surface area contributed by atoms with Gasteiger partial charge in [-0.15, -0.1) is 0 Å². The third kappa shape index (κ3) is 4.81. The molecule has 0 heterocycles. The van der Waals surface area contributed by atoms with Crippen LogP contribution in [0.4, 0.5) is 37.7 Å². The molecule has 0 atom stereocenters. The highest BCUT2D eigenvalue weighted by Crippen LogP contribution is 2.36. The van der Waals surface area contributed by atoms with Crippen molar-refractivity contribution in [2.75, 3.05) is 10.6 Å². The van der Waals surface area contributed by atoms with Crippen LogP contribution in [0.5, 0.6) is 0 Å². The van der Waals surface area contributed by atoms with Crippen LogP contribution in [0.3, 0.4) is 0 Å². The van der Waals surface area contributed by atoms with Gasteiger partial charge in [-0.25, -0.2) is 0 Å². The lowest BCUT2D eigenvalue weighted by Crippen LogP contribution is -2.41. The second kappa shape index (κ2) is 6.58. The zero-order valence-electron chi connectivity index (χ0n) is 14.5. The average Bonchev–Trinajstić information content (AvgIpc) is 2.50. The summed E-state index contributed by atoms with van der Waals surface area (Å²) in [6.45, 7) is 4.67. The van der Waals surface area contributed by atoms with Crippen LogP contribution in [0.15, 0.2) is 27.8 Å². The van der Waals surface area contributed by atoms with Gasteiger partial charge in [-0.1, -0.05) is 0 Å². The fourth-order valence-corrected chi connectivity index (χ4v) is 2.37. The van der Waals surface area contributed by atoms with Crippen molar-refractivity contribution in [2.45, 2.75) is 45.2 Å². The molecule has 0 aliphatic rings. The van der Waals surface area contributed by atoms with Crippen molar-refractivity contribution in [3.8, 4) is 0 Å². The minimum atomic E-state index is -4.96. The van der Waals surface area contributed by atoms with Crippen LogP contribution in [0, 0.1) is 0 Å². The molecule has 2 aromatic carbocycles. The highest BCUT2D eigenvalue weighted by atomic mass is 19.4. The molecule has 27 heavy (non-hydrogen) atoms. The van der Waals surface area contributed by atoms with E-state index < -0.39 is 46.4 Å². The van der Waals surface area contributed by atoms with Gasteiger partial charge in [0.15, 0.2) is 0 Å². The monoisotopic (exact) mass is 394 g/mol. The SMILES string of the molecule is CC(C)(C)Nc1c(NCc2cc(C(F)(F)F)cc(C(F)(F)F)c2)c(=O)c1=O. The van der Waals surface area contributed by atoms with Crippen LogP contribution in [0.25, 0.3) is 0 Å². The van der Waals surface area contributed by atoms with E-state index >= 15 is 0 Å². The third-order valence-electron chi connectivity index (χ3n) is 3.53. The Morgan fingerprint density at radius 1 is 0.778 bits per heavy atom. The molecule has 0 aliphatic heterocycles. The van der Waals surface area contributed by atoms with Crippen molar-refractivity contribution in [3.05, 3.63) is 55.3 Å². The number of alkyl halides is 6. The van der Waals surface area contributed by atoms with E-state index in [1.165, 1.54) is 0 Å². The van der Waals surface area contributed by atoms with Crippen molar-refractivity contribution in [1.82, 2.24) is 0 Å².